The van der Waals surface area contributed by atoms with Crippen molar-refractivity contribution in [1.29, 1.82) is 0 Å². The van der Waals surface area contributed by atoms with Crippen molar-refractivity contribution in [1.82, 2.24) is 14.5 Å². The Labute approximate surface area is 230 Å². The Bertz CT molecular complexity index is 2050. The lowest BCUT2D eigenvalue weighted by Gasteiger charge is -2.14. The number of hydrogen-bond acceptors (Lipinski definition) is 4. The molecule has 1 amide bonds. The molecule has 192 valence electrons. The first-order valence-electron chi connectivity index (χ1n) is 13.1. The fourth-order valence-corrected chi connectivity index (χ4v) is 5.48. The minimum Gasteiger partial charge on any atom is -0.379 e. The Morgan fingerprint density at radius 2 is 1.62 bits per heavy atom. The van der Waals surface area contributed by atoms with Crippen LogP contribution >= 0.6 is 0 Å². The number of nitrogens with two attached hydrogens (primary N) is 1. The van der Waals surface area contributed by atoms with Crippen molar-refractivity contribution in [2.45, 2.75) is 6.54 Å². The number of carbonyl (C=O) groups is 1. The molecule has 4 aromatic carbocycles. The van der Waals surface area contributed by atoms with Crippen LogP contribution in [0.1, 0.15) is 16.1 Å². The van der Waals surface area contributed by atoms with Crippen molar-refractivity contribution >= 4 is 44.3 Å². The minimum atomic E-state index is -0.483. The second-order valence-electron chi connectivity index (χ2n) is 9.74. The Kier molecular flexibility index (Phi) is 5.71. The number of carbonyl (C=O) groups excluding carboxylic acids is 1. The van der Waals surface area contributed by atoms with E-state index in [4.69, 9.17) is 10.7 Å². The zero-order chi connectivity index (χ0) is 27.1. The van der Waals surface area contributed by atoms with Gasteiger partial charge in [0, 0.05) is 45.5 Å². The van der Waals surface area contributed by atoms with Gasteiger partial charge in [-0.05, 0) is 60.2 Å². The lowest BCUT2D eigenvalue weighted by atomic mass is 9.99. The summed E-state index contributed by atoms with van der Waals surface area (Å²) in [6.07, 6.45) is 3.70. The molecule has 6 nitrogen and oxygen atoms in total. The molecule has 0 fully saturated rings. The SMILES string of the molecule is NC(=O)c1ccc(-n2c3ccccc3c3c(-c4cnc5ccccc5c4)cccc32)cc1NCc1ccccn1. The van der Waals surface area contributed by atoms with Crippen LogP contribution in [-0.4, -0.2) is 20.4 Å². The number of rotatable bonds is 6. The molecule has 7 rings (SSSR count). The van der Waals surface area contributed by atoms with Crippen molar-refractivity contribution in [2.24, 2.45) is 5.73 Å². The molecular formula is C34H25N5O. The van der Waals surface area contributed by atoms with E-state index in [0.29, 0.717) is 17.8 Å². The van der Waals surface area contributed by atoms with E-state index in [2.05, 4.69) is 63.4 Å². The summed E-state index contributed by atoms with van der Waals surface area (Å²) in [5, 5.41) is 6.77. The molecule has 0 aliphatic carbocycles. The fourth-order valence-electron chi connectivity index (χ4n) is 5.48. The normalized spacial score (nSPS) is 11.3. The first-order chi connectivity index (χ1) is 19.7. The molecule has 7 aromatic rings. The van der Waals surface area contributed by atoms with Gasteiger partial charge in [0.2, 0.25) is 0 Å². The number of para-hydroxylation sites is 2. The standard InChI is InChI=1S/C34H25N5O/c35-34(40)27-16-15-25(19-30(27)38-21-24-9-5-6-17-36-24)39-31-13-4-2-10-28(31)33-26(11-7-14-32(33)39)23-18-22-8-1-3-12-29(22)37-20-23/h1-20,38H,21H2,(H2,35,40). The van der Waals surface area contributed by atoms with Gasteiger partial charge in [-0.3, -0.25) is 14.8 Å². The molecule has 0 aliphatic heterocycles. The third kappa shape index (κ3) is 4.03. The van der Waals surface area contributed by atoms with Gasteiger partial charge in [0.05, 0.1) is 34.4 Å². The molecule has 0 saturated heterocycles. The van der Waals surface area contributed by atoms with E-state index >= 15 is 0 Å². The highest BCUT2D eigenvalue weighted by Crippen LogP contribution is 2.39. The summed E-state index contributed by atoms with van der Waals surface area (Å²) < 4.78 is 2.24. The minimum absolute atomic E-state index is 0.434. The van der Waals surface area contributed by atoms with Crippen LogP contribution in [-0.2, 0) is 6.54 Å². The first kappa shape index (κ1) is 23.6. The van der Waals surface area contributed by atoms with Gasteiger partial charge in [0.15, 0.2) is 0 Å². The second-order valence-corrected chi connectivity index (χ2v) is 9.74. The molecule has 3 N–H and O–H groups in total. The van der Waals surface area contributed by atoms with E-state index in [1.54, 1.807) is 12.3 Å². The highest BCUT2D eigenvalue weighted by Gasteiger charge is 2.18. The predicted octanol–water partition coefficient (Wildman–Crippen LogP) is 7.10. The summed E-state index contributed by atoms with van der Waals surface area (Å²) in [6, 6.07) is 36.6. The molecule has 3 heterocycles. The zero-order valence-electron chi connectivity index (χ0n) is 21.6. The maximum Gasteiger partial charge on any atom is 0.250 e. The number of amides is 1. The van der Waals surface area contributed by atoms with Crippen LogP contribution in [0.5, 0.6) is 0 Å². The number of hydrogen-bond donors (Lipinski definition) is 2. The third-order valence-corrected chi connectivity index (χ3v) is 7.31. The summed E-state index contributed by atoms with van der Waals surface area (Å²) in [5.74, 6) is -0.483. The van der Waals surface area contributed by atoms with Gasteiger partial charge in [0.1, 0.15) is 0 Å². The molecular weight excluding hydrogens is 494 g/mol. The van der Waals surface area contributed by atoms with E-state index in [1.807, 2.05) is 60.8 Å². The number of primary amides is 1. The fraction of sp³-hybridized carbons (Fsp3) is 0.0294. The highest BCUT2D eigenvalue weighted by atomic mass is 16.1. The van der Waals surface area contributed by atoms with Crippen LogP contribution in [0.25, 0.3) is 49.5 Å². The molecule has 0 saturated carbocycles. The van der Waals surface area contributed by atoms with Crippen LogP contribution in [0.3, 0.4) is 0 Å². The van der Waals surface area contributed by atoms with E-state index in [9.17, 15) is 4.79 Å². The van der Waals surface area contributed by atoms with Crippen molar-refractivity contribution in [3.05, 3.63) is 133 Å². The van der Waals surface area contributed by atoms with E-state index in [0.717, 1.165) is 55.2 Å². The van der Waals surface area contributed by atoms with E-state index in [-0.39, 0.29) is 0 Å². The largest absolute Gasteiger partial charge is 0.379 e. The van der Waals surface area contributed by atoms with E-state index < -0.39 is 5.91 Å². The van der Waals surface area contributed by atoms with Gasteiger partial charge in [-0.15, -0.1) is 0 Å². The van der Waals surface area contributed by atoms with Gasteiger partial charge in [-0.1, -0.05) is 54.6 Å². The number of nitrogens with zero attached hydrogens (tertiary/aromatic N) is 3. The number of fused-ring (bicyclic) bond motifs is 4. The maximum absolute atomic E-state index is 12.3. The van der Waals surface area contributed by atoms with Gasteiger partial charge in [-0.2, -0.15) is 0 Å². The van der Waals surface area contributed by atoms with Crippen LogP contribution in [0.4, 0.5) is 5.69 Å². The topological polar surface area (TPSA) is 85.8 Å². The quantitative estimate of drug-likeness (QED) is 0.245. The van der Waals surface area contributed by atoms with Crippen molar-refractivity contribution < 1.29 is 4.79 Å². The molecule has 3 aromatic heterocycles. The van der Waals surface area contributed by atoms with Crippen LogP contribution in [0, 0.1) is 0 Å². The average Bonchev–Trinajstić information content (AvgIpc) is 3.35. The van der Waals surface area contributed by atoms with Crippen molar-refractivity contribution in [2.75, 3.05) is 5.32 Å². The molecule has 0 bridgehead atoms. The van der Waals surface area contributed by atoms with Gasteiger partial charge < -0.3 is 15.6 Å². The number of nitrogens with one attached hydrogen (secondary N) is 1. The van der Waals surface area contributed by atoms with Gasteiger partial charge in [-0.25, -0.2) is 0 Å². The van der Waals surface area contributed by atoms with Crippen LogP contribution < -0.4 is 11.1 Å². The Hall–Kier alpha value is -5.49. The first-order valence-corrected chi connectivity index (χ1v) is 13.1. The van der Waals surface area contributed by atoms with Crippen LogP contribution in [0.2, 0.25) is 0 Å². The number of pyridine rings is 2. The lowest BCUT2D eigenvalue weighted by molar-refractivity contribution is 0.100. The lowest BCUT2D eigenvalue weighted by Crippen LogP contribution is -2.15. The molecule has 0 aliphatic rings. The Balaban J connectivity index is 1.42. The van der Waals surface area contributed by atoms with Gasteiger partial charge in [0.25, 0.3) is 5.91 Å². The molecule has 0 radical (unpaired) electrons. The molecule has 0 unspecified atom stereocenters. The Morgan fingerprint density at radius 3 is 2.50 bits per heavy atom. The maximum atomic E-state index is 12.3. The van der Waals surface area contributed by atoms with Crippen molar-refractivity contribution in [3.8, 4) is 16.8 Å². The Morgan fingerprint density at radius 1 is 0.800 bits per heavy atom. The summed E-state index contributed by atoms with van der Waals surface area (Å²) in [5.41, 5.74) is 13.9. The van der Waals surface area contributed by atoms with Crippen molar-refractivity contribution in [3.63, 3.8) is 0 Å². The van der Waals surface area contributed by atoms with Gasteiger partial charge >= 0.3 is 0 Å². The third-order valence-electron chi connectivity index (χ3n) is 7.31. The second kappa shape index (κ2) is 9.67. The zero-order valence-corrected chi connectivity index (χ0v) is 21.6. The summed E-state index contributed by atoms with van der Waals surface area (Å²) in [7, 11) is 0. The highest BCUT2D eigenvalue weighted by molar-refractivity contribution is 6.16. The number of anilines is 1. The molecule has 0 spiro atoms. The number of benzene rings is 4. The molecule has 0 atom stereocenters. The van der Waals surface area contributed by atoms with E-state index in [1.165, 1.54) is 0 Å². The monoisotopic (exact) mass is 519 g/mol. The summed E-state index contributed by atoms with van der Waals surface area (Å²) in [6.45, 7) is 0.469. The van der Waals surface area contributed by atoms with Crippen LogP contribution in [0.15, 0.2) is 122 Å². The predicted molar refractivity (Wildman–Crippen MR) is 162 cm³/mol. The average molecular weight is 520 g/mol. The smallest absolute Gasteiger partial charge is 0.250 e. The number of aromatic nitrogens is 3. The summed E-state index contributed by atoms with van der Waals surface area (Å²) in [4.78, 5) is 21.4. The molecule has 40 heavy (non-hydrogen) atoms. The molecule has 6 heteroatoms. The summed E-state index contributed by atoms with van der Waals surface area (Å²) >= 11 is 0.